The van der Waals surface area contributed by atoms with Crippen molar-refractivity contribution >= 4 is 34.8 Å². The van der Waals surface area contributed by atoms with E-state index in [9.17, 15) is 9.59 Å². The van der Waals surface area contributed by atoms with E-state index in [0.717, 1.165) is 11.1 Å². The minimum atomic E-state index is -1.07. The fourth-order valence-corrected chi connectivity index (χ4v) is 3.21. The molecular formula is C22H16ClN3O2. The normalized spacial score (nSPS) is 15.7. The van der Waals surface area contributed by atoms with Crippen LogP contribution in [0.15, 0.2) is 83.9 Å². The number of hydrogen-bond acceptors (Lipinski definition) is 3. The number of carbonyl (C=O) groups excluding carboxylic acids is 2. The van der Waals surface area contributed by atoms with Gasteiger partial charge in [0.15, 0.2) is 0 Å². The lowest BCUT2D eigenvalue weighted by atomic mass is 10.0. The van der Waals surface area contributed by atoms with E-state index >= 15 is 0 Å². The number of amides is 2. The Morgan fingerprint density at radius 3 is 2.50 bits per heavy atom. The van der Waals surface area contributed by atoms with Crippen LogP contribution < -0.4 is 10.6 Å². The highest BCUT2D eigenvalue weighted by Crippen LogP contribution is 2.23. The molecule has 0 fully saturated rings. The molecule has 138 valence electrons. The maximum Gasteiger partial charge on any atom is 0.269 e. The van der Waals surface area contributed by atoms with Crippen molar-refractivity contribution in [2.75, 3.05) is 5.32 Å². The third kappa shape index (κ3) is 3.66. The minimum absolute atomic E-state index is 0.360. The van der Waals surface area contributed by atoms with Crippen LogP contribution in [0.3, 0.4) is 0 Å². The lowest BCUT2D eigenvalue weighted by molar-refractivity contribution is -0.117. The van der Waals surface area contributed by atoms with Crippen LogP contribution in [0.4, 0.5) is 5.69 Å². The summed E-state index contributed by atoms with van der Waals surface area (Å²) in [6.07, 6.45) is -1.07. The lowest BCUT2D eigenvalue weighted by Gasteiger charge is -2.13. The van der Waals surface area contributed by atoms with Crippen LogP contribution in [0.25, 0.3) is 0 Å². The summed E-state index contributed by atoms with van der Waals surface area (Å²) in [5.41, 5.74) is 3.29. The Labute approximate surface area is 167 Å². The Morgan fingerprint density at radius 1 is 0.964 bits per heavy atom. The Balaban J connectivity index is 1.73. The van der Waals surface area contributed by atoms with Crippen molar-refractivity contribution in [3.8, 4) is 0 Å². The molecule has 1 heterocycles. The highest BCUT2D eigenvalue weighted by molar-refractivity contribution is 6.31. The quantitative estimate of drug-likeness (QED) is 0.713. The second-order valence-electron chi connectivity index (χ2n) is 6.26. The topological polar surface area (TPSA) is 70.6 Å². The SMILES string of the molecule is O=C(NC1N=C(c2ccccc2)c2ccccc2NC1=O)c1cccc(Cl)c1. The summed E-state index contributed by atoms with van der Waals surface area (Å²) in [5.74, 6) is -0.835. The molecule has 3 aromatic carbocycles. The molecule has 0 saturated heterocycles. The van der Waals surface area contributed by atoms with E-state index in [1.54, 1.807) is 24.3 Å². The number of aliphatic imine (C=N–C) groups is 1. The Hall–Kier alpha value is -3.44. The molecule has 6 heteroatoms. The van der Waals surface area contributed by atoms with Gasteiger partial charge in [-0.3, -0.25) is 9.59 Å². The zero-order chi connectivity index (χ0) is 19.5. The van der Waals surface area contributed by atoms with E-state index in [0.29, 0.717) is 22.0 Å². The molecule has 0 aliphatic carbocycles. The first kappa shape index (κ1) is 17.9. The van der Waals surface area contributed by atoms with Crippen LogP contribution in [0, 0.1) is 0 Å². The van der Waals surface area contributed by atoms with Gasteiger partial charge in [-0.2, -0.15) is 0 Å². The third-order valence-electron chi connectivity index (χ3n) is 4.35. The molecule has 5 nitrogen and oxygen atoms in total. The molecular weight excluding hydrogens is 374 g/mol. The maximum absolute atomic E-state index is 12.7. The maximum atomic E-state index is 12.7. The van der Waals surface area contributed by atoms with Crippen molar-refractivity contribution < 1.29 is 9.59 Å². The Morgan fingerprint density at radius 2 is 1.71 bits per heavy atom. The number of hydrogen-bond donors (Lipinski definition) is 2. The molecule has 1 aliphatic rings. The van der Waals surface area contributed by atoms with Crippen LogP contribution >= 0.6 is 11.6 Å². The van der Waals surface area contributed by atoms with E-state index < -0.39 is 18.0 Å². The van der Waals surface area contributed by atoms with Crippen LogP contribution in [-0.4, -0.2) is 23.7 Å². The average Bonchev–Trinajstić information content (AvgIpc) is 2.85. The number of nitrogens with zero attached hydrogens (tertiary/aromatic N) is 1. The van der Waals surface area contributed by atoms with Crippen molar-refractivity contribution in [3.63, 3.8) is 0 Å². The molecule has 1 atom stereocenters. The minimum Gasteiger partial charge on any atom is -0.322 e. The lowest BCUT2D eigenvalue weighted by Crippen LogP contribution is -2.42. The van der Waals surface area contributed by atoms with Gasteiger partial charge in [-0.05, 0) is 24.3 Å². The molecule has 3 aromatic rings. The average molecular weight is 390 g/mol. The molecule has 1 unspecified atom stereocenters. The van der Waals surface area contributed by atoms with E-state index in [4.69, 9.17) is 11.6 Å². The Kier molecular flexibility index (Phi) is 4.91. The molecule has 0 saturated carbocycles. The summed E-state index contributed by atoms with van der Waals surface area (Å²) in [5, 5.41) is 5.98. The zero-order valence-electron chi connectivity index (χ0n) is 14.7. The summed E-state index contributed by atoms with van der Waals surface area (Å²) in [4.78, 5) is 29.9. The van der Waals surface area contributed by atoms with Crippen molar-refractivity contribution in [2.45, 2.75) is 6.17 Å². The summed E-state index contributed by atoms with van der Waals surface area (Å²) in [6, 6.07) is 23.5. The van der Waals surface area contributed by atoms with Gasteiger partial charge in [0, 0.05) is 21.7 Å². The number of anilines is 1. The largest absolute Gasteiger partial charge is 0.322 e. The van der Waals surface area contributed by atoms with Crippen molar-refractivity contribution in [2.24, 2.45) is 4.99 Å². The highest BCUT2D eigenvalue weighted by atomic mass is 35.5. The fraction of sp³-hybridized carbons (Fsp3) is 0.0455. The summed E-state index contributed by atoms with van der Waals surface area (Å²) in [6.45, 7) is 0. The van der Waals surface area contributed by atoms with Crippen molar-refractivity contribution in [3.05, 3.63) is 101 Å². The number of nitrogens with one attached hydrogen (secondary N) is 2. The predicted octanol–water partition coefficient (Wildman–Crippen LogP) is 3.89. The smallest absolute Gasteiger partial charge is 0.269 e. The van der Waals surface area contributed by atoms with Gasteiger partial charge in [-0.1, -0.05) is 66.2 Å². The molecule has 0 spiro atoms. The monoisotopic (exact) mass is 389 g/mol. The number of fused-ring (bicyclic) bond motifs is 1. The molecule has 4 rings (SSSR count). The number of benzodiazepines with no additional fused rings is 1. The van der Waals surface area contributed by atoms with Gasteiger partial charge in [-0.15, -0.1) is 0 Å². The third-order valence-corrected chi connectivity index (χ3v) is 4.58. The molecule has 0 aromatic heterocycles. The standard InChI is InChI=1S/C22H16ClN3O2/c23-16-10-6-9-15(13-16)21(27)26-20-22(28)24-18-12-5-4-11-17(18)19(25-20)14-7-2-1-3-8-14/h1-13,20H,(H,24,28)(H,26,27). The van der Waals surface area contributed by atoms with E-state index in [2.05, 4.69) is 15.6 Å². The second-order valence-corrected chi connectivity index (χ2v) is 6.70. The van der Waals surface area contributed by atoms with Gasteiger partial charge in [0.1, 0.15) is 0 Å². The number of halogens is 1. The van der Waals surface area contributed by atoms with E-state index in [1.807, 2.05) is 54.6 Å². The number of benzene rings is 3. The van der Waals surface area contributed by atoms with Gasteiger partial charge in [-0.25, -0.2) is 4.99 Å². The molecule has 2 N–H and O–H groups in total. The van der Waals surface area contributed by atoms with Gasteiger partial charge in [0.2, 0.25) is 6.17 Å². The number of carbonyl (C=O) groups is 2. The molecule has 28 heavy (non-hydrogen) atoms. The van der Waals surface area contributed by atoms with Crippen molar-refractivity contribution in [1.82, 2.24) is 5.32 Å². The van der Waals surface area contributed by atoms with E-state index in [-0.39, 0.29) is 0 Å². The fourth-order valence-electron chi connectivity index (χ4n) is 3.02. The van der Waals surface area contributed by atoms with Crippen LogP contribution in [-0.2, 0) is 4.79 Å². The number of rotatable bonds is 3. The van der Waals surface area contributed by atoms with Crippen LogP contribution in [0.2, 0.25) is 5.02 Å². The van der Waals surface area contributed by atoms with Crippen LogP contribution in [0.5, 0.6) is 0 Å². The highest BCUT2D eigenvalue weighted by Gasteiger charge is 2.27. The van der Waals surface area contributed by atoms with Gasteiger partial charge < -0.3 is 10.6 Å². The molecule has 0 radical (unpaired) electrons. The summed E-state index contributed by atoms with van der Waals surface area (Å²) < 4.78 is 0. The predicted molar refractivity (Wildman–Crippen MR) is 110 cm³/mol. The first-order chi connectivity index (χ1) is 13.6. The zero-order valence-corrected chi connectivity index (χ0v) is 15.5. The molecule has 0 bridgehead atoms. The molecule has 2 amide bonds. The second kappa shape index (κ2) is 7.66. The first-order valence-corrected chi connectivity index (χ1v) is 9.09. The van der Waals surface area contributed by atoms with Crippen LogP contribution in [0.1, 0.15) is 21.5 Å². The van der Waals surface area contributed by atoms with Gasteiger partial charge in [0.05, 0.1) is 11.4 Å². The summed E-state index contributed by atoms with van der Waals surface area (Å²) in [7, 11) is 0. The summed E-state index contributed by atoms with van der Waals surface area (Å²) >= 11 is 5.96. The molecule has 1 aliphatic heterocycles. The van der Waals surface area contributed by atoms with Gasteiger partial charge in [0.25, 0.3) is 11.8 Å². The van der Waals surface area contributed by atoms with Crippen molar-refractivity contribution in [1.29, 1.82) is 0 Å². The van der Waals surface area contributed by atoms with E-state index in [1.165, 1.54) is 0 Å². The van der Waals surface area contributed by atoms with Gasteiger partial charge >= 0.3 is 0 Å². The first-order valence-electron chi connectivity index (χ1n) is 8.72. The Bertz CT molecular complexity index is 1080. The number of para-hydroxylation sites is 1.